The van der Waals surface area contributed by atoms with Gasteiger partial charge in [0.1, 0.15) is 0 Å². The van der Waals surface area contributed by atoms with Crippen molar-refractivity contribution < 1.29 is 9.53 Å². The van der Waals surface area contributed by atoms with Gasteiger partial charge in [-0.1, -0.05) is 0 Å². The molecule has 1 N–H and O–H groups in total. The highest BCUT2D eigenvalue weighted by molar-refractivity contribution is 5.96. The molecule has 1 unspecified atom stereocenters. The van der Waals surface area contributed by atoms with Crippen molar-refractivity contribution in [2.24, 2.45) is 0 Å². The maximum Gasteiger partial charge on any atom is 0.254 e. The zero-order valence-corrected chi connectivity index (χ0v) is 11.9. The molecule has 1 aromatic rings. The number of ether oxygens (including phenoxy) is 1. The number of rotatable bonds is 4. The van der Waals surface area contributed by atoms with E-state index in [9.17, 15) is 4.79 Å². The summed E-state index contributed by atoms with van der Waals surface area (Å²) in [7, 11) is 1.86. The molecule has 104 valence electrons. The summed E-state index contributed by atoms with van der Waals surface area (Å²) in [4.78, 5) is 14.3. The van der Waals surface area contributed by atoms with E-state index >= 15 is 0 Å². The molecule has 0 spiro atoms. The number of nitrogens with one attached hydrogen (secondary N) is 1. The van der Waals surface area contributed by atoms with Gasteiger partial charge in [-0.15, -0.1) is 0 Å². The Morgan fingerprint density at radius 2 is 2.32 bits per heavy atom. The molecular weight excluding hydrogens is 240 g/mol. The van der Waals surface area contributed by atoms with Gasteiger partial charge in [-0.05, 0) is 44.0 Å². The number of anilines is 1. The van der Waals surface area contributed by atoms with Crippen molar-refractivity contribution in [2.75, 3.05) is 32.1 Å². The summed E-state index contributed by atoms with van der Waals surface area (Å²) in [5.74, 6) is 0.0797. The smallest absolute Gasteiger partial charge is 0.254 e. The first-order valence-corrected chi connectivity index (χ1v) is 6.83. The first kappa shape index (κ1) is 13.9. The Balaban J connectivity index is 2.14. The second-order valence-corrected chi connectivity index (χ2v) is 4.99. The second-order valence-electron chi connectivity index (χ2n) is 4.99. The number of likely N-dealkylation sites (N-methyl/N-ethyl adjacent to an activating group) is 1. The summed E-state index contributed by atoms with van der Waals surface area (Å²) in [6, 6.07) is 6.10. The molecule has 2 rings (SSSR count). The Morgan fingerprint density at radius 3 is 2.89 bits per heavy atom. The van der Waals surface area contributed by atoms with Crippen LogP contribution in [0.25, 0.3) is 0 Å². The number of aryl methyl sites for hydroxylation is 1. The normalized spacial score (nSPS) is 18.4. The summed E-state index contributed by atoms with van der Waals surface area (Å²) in [5.41, 5.74) is 2.84. The third kappa shape index (κ3) is 3.07. The third-order valence-corrected chi connectivity index (χ3v) is 3.61. The second kappa shape index (κ2) is 6.06. The molecule has 1 aliphatic heterocycles. The summed E-state index contributed by atoms with van der Waals surface area (Å²) in [6.45, 7) is 6.32. The first-order valence-electron chi connectivity index (χ1n) is 6.83. The molecule has 4 nitrogen and oxygen atoms in total. The van der Waals surface area contributed by atoms with Gasteiger partial charge in [-0.3, -0.25) is 4.79 Å². The van der Waals surface area contributed by atoms with Gasteiger partial charge >= 0.3 is 0 Å². The monoisotopic (exact) mass is 262 g/mol. The standard InChI is InChI=1S/C15H22N2O2/c1-4-16-12-5-6-14(11(2)9-12)15(18)17(3)13-7-8-19-10-13/h5-6,9,13,16H,4,7-8,10H2,1-3H3. The van der Waals surface area contributed by atoms with Crippen LogP contribution in [0.1, 0.15) is 29.3 Å². The predicted molar refractivity (Wildman–Crippen MR) is 76.7 cm³/mol. The third-order valence-electron chi connectivity index (χ3n) is 3.61. The highest BCUT2D eigenvalue weighted by Crippen LogP contribution is 2.19. The molecule has 1 saturated heterocycles. The van der Waals surface area contributed by atoms with Crippen LogP contribution in [0.5, 0.6) is 0 Å². The first-order chi connectivity index (χ1) is 9.13. The van der Waals surface area contributed by atoms with Crippen molar-refractivity contribution in [3.8, 4) is 0 Å². The lowest BCUT2D eigenvalue weighted by Gasteiger charge is -2.24. The van der Waals surface area contributed by atoms with Crippen LogP contribution >= 0.6 is 0 Å². The predicted octanol–water partition coefficient (Wildman–Crippen LogP) is 2.29. The van der Waals surface area contributed by atoms with E-state index in [4.69, 9.17) is 4.74 Å². The van der Waals surface area contributed by atoms with Crippen molar-refractivity contribution in [3.63, 3.8) is 0 Å². The molecule has 1 aliphatic rings. The number of amides is 1. The van der Waals surface area contributed by atoms with E-state index in [-0.39, 0.29) is 11.9 Å². The molecule has 1 atom stereocenters. The summed E-state index contributed by atoms with van der Waals surface area (Å²) in [5, 5.41) is 3.25. The van der Waals surface area contributed by atoms with Crippen LogP contribution in [0.15, 0.2) is 18.2 Å². The van der Waals surface area contributed by atoms with Crippen LogP contribution in [0, 0.1) is 6.92 Å². The Kier molecular flexibility index (Phi) is 4.43. The molecule has 0 radical (unpaired) electrons. The van der Waals surface area contributed by atoms with E-state index in [2.05, 4.69) is 12.2 Å². The number of hydrogen-bond donors (Lipinski definition) is 1. The zero-order chi connectivity index (χ0) is 13.8. The lowest BCUT2D eigenvalue weighted by molar-refractivity contribution is 0.0710. The van der Waals surface area contributed by atoms with Gasteiger partial charge in [0.15, 0.2) is 0 Å². The topological polar surface area (TPSA) is 41.6 Å². The number of benzene rings is 1. The maximum absolute atomic E-state index is 12.5. The lowest BCUT2D eigenvalue weighted by Crippen LogP contribution is -2.37. The maximum atomic E-state index is 12.5. The molecule has 0 bridgehead atoms. The van der Waals surface area contributed by atoms with Crippen LogP contribution in [-0.4, -0.2) is 43.7 Å². The molecule has 0 aliphatic carbocycles. The minimum absolute atomic E-state index is 0.0797. The number of carbonyl (C=O) groups is 1. The fourth-order valence-electron chi connectivity index (χ4n) is 2.40. The van der Waals surface area contributed by atoms with Crippen molar-refractivity contribution in [3.05, 3.63) is 29.3 Å². The lowest BCUT2D eigenvalue weighted by atomic mass is 10.1. The fraction of sp³-hybridized carbons (Fsp3) is 0.533. The van der Waals surface area contributed by atoms with Gasteiger partial charge in [-0.25, -0.2) is 0 Å². The summed E-state index contributed by atoms with van der Waals surface area (Å²) in [6.07, 6.45) is 0.927. The average Bonchev–Trinajstić information content (AvgIpc) is 2.91. The fourth-order valence-corrected chi connectivity index (χ4v) is 2.40. The van der Waals surface area contributed by atoms with Crippen LogP contribution in [0.4, 0.5) is 5.69 Å². The quantitative estimate of drug-likeness (QED) is 0.905. The van der Waals surface area contributed by atoms with Gasteiger partial charge in [0.2, 0.25) is 0 Å². The van der Waals surface area contributed by atoms with Crippen molar-refractivity contribution >= 4 is 11.6 Å². The SMILES string of the molecule is CCNc1ccc(C(=O)N(C)C2CCOC2)c(C)c1. The van der Waals surface area contributed by atoms with Crippen LogP contribution < -0.4 is 5.32 Å². The molecular formula is C15H22N2O2. The van der Waals surface area contributed by atoms with Crippen LogP contribution in [0.2, 0.25) is 0 Å². The molecule has 1 heterocycles. The van der Waals surface area contributed by atoms with E-state index in [1.54, 1.807) is 0 Å². The van der Waals surface area contributed by atoms with E-state index in [1.807, 2.05) is 37.1 Å². The van der Waals surface area contributed by atoms with E-state index in [0.717, 1.165) is 36.4 Å². The number of nitrogens with zero attached hydrogens (tertiary/aromatic N) is 1. The molecule has 4 heteroatoms. The Labute approximate surface area is 114 Å². The summed E-state index contributed by atoms with van der Waals surface area (Å²) >= 11 is 0. The number of carbonyl (C=O) groups excluding carboxylic acids is 1. The van der Waals surface area contributed by atoms with E-state index < -0.39 is 0 Å². The van der Waals surface area contributed by atoms with E-state index in [1.165, 1.54) is 0 Å². The average molecular weight is 262 g/mol. The highest BCUT2D eigenvalue weighted by atomic mass is 16.5. The van der Waals surface area contributed by atoms with Crippen molar-refractivity contribution in [1.82, 2.24) is 4.90 Å². The van der Waals surface area contributed by atoms with Gasteiger partial charge in [0.25, 0.3) is 5.91 Å². The number of hydrogen-bond acceptors (Lipinski definition) is 3. The van der Waals surface area contributed by atoms with Gasteiger partial charge < -0.3 is 15.0 Å². The minimum atomic E-state index is 0.0797. The van der Waals surface area contributed by atoms with Gasteiger partial charge in [0.05, 0.1) is 12.6 Å². The van der Waals surface area contributed by atoms with Crippen molar-refractivity contribution in [2.45, 2.75) is 26.3 Å². The molecule has 1 aromatic carbocycles. The highest BCUT2D eigenvalue weighted by Gasteiger charge is 2.25. The van der Waals surface area contributed by atoms with Crippen LogP contribution in [0.3, 0.4) is 0 Å². The summed E-state index contributed by atoms with van der Waals surface area (Å²) < 4.78 is 5.34. The molecule has 19 heavy (non-hydrogen) atoms. The van der Waals surface area contributed by atoms with E-state index in [0.29, 0.717) is 6.61 Å². The Hall–Kier alpha value is -1.55. The Bertz CT molecular complexity index is 453. The molecule has 1 fully saturated rings. The van der Waals surface area contributed by atoms with Gasteiger partial charge in [-0.2, -0.15) is 0 Å². The molecule has 0 aromatic heterocycles. The van der Waals surface area contributed by atoms with Gasteiger partial charge in [0, 0.05) is 31.5 Å². The van der Waals surface area contributed by atoms with Crippen molar-refractivity contribution in [1.29, 1.82) is 0 Å². The molecule has 1 amide bonds. The Morgan fingerprint density at radius 1 is 1.53 bits per heavy atom. The minimum Gasteiger partial charge on any atom is -0.385 e. The van der Waals surface area contributed by atoms with Crippen LogP contribution in [-0.2, 0) is 4.74 Å². The zero-order valence-electron chi connectivity index (χ0n) is 11.9. The largest absolute Gasteiger partial charge is 0.385 e. The molecule has 0 saturated carbocycles.